The Hall–Kier alpha value is -2.64. The number of aryl methyl sites for hydroxylation is 3. The first-order valence-electron chi connectivity index (χ1n) is 10.1. The lowest BCUT2D eigenvalue weighted by atomic mass is 10.1. The zero-order chi connectivity index (χ0) is 22.4. The summed E-state index contributed by atoms with van der Waals surface area (Å²) in [7, 11) is 0. The summed E-state index contributed by atoms with van der Waals surface area (Å²) in [5.74, 6) is 0.258. The molecule has 0 aliphatic heterocycles. The Morgan fingerprint density at radius 2 is 1.90 bits per heavy atom. The first-order chi connectivity index (χ1) is 14.9. The molecule has 1 aromatic heterocycles. The molecule has 1 heterocycles. The van der Waals surface area contributed by atoms with Crippen LogP contribution >= 0.6 is 23.1 Å². The van der Waals surface area contributed by atoms with E-state index in [2.05, 4.69) is 41.6 Å². The Bertz CT molecular complexity index is 1080. The molecule has 0 bridgehead atoms. The molecule has 5 nitrogen and oxygen atoms in total. The van der Waals surface area contributed by atoms with Crippen LogP contribution in [-0.2, 0) is 4.79 Å². The van der Waals surface area contributed by atoms with Crippen LogP contribution in [0.1, 0.15) is 33.5 Å². The van der Waals surface area contributed by atoms with E-state index in [0.717, 1.165) is 22.6 Å². The van der Waals surface area contributed by atoms with E-state index >= 15 is 0 Å². The van der Waals surface area contributed by atoms with Gasteiger partial charge in [-0.25, -0.2) is 4.98 Å². The average Bonchev–Trinajstić information content (AvgIpc) is 3.21. The van der Waals surface area contributed by atoms with Crippen LogP contribution < -0.4 is 10.6 Å². The van der Waals surface area contributed by atoms with E-state index < -0.39 is 6.04 Å². The second-order valence-electron chi connectivity index (χ2n) is 7.50. The number of benzene rings is 2. The lowest BCUT2D eigenvalue weighted by Crippen LogP contribution is -2.44. The number of amides is 2. The van der Waals surface area contributed by atoms with Crippen molar-refractivity contribution in [1.82, 2.24) is 10.3 Å². The zero-order valence-corrected chi connectivity index (χ0v) is 19.8. The molecule has 31 heavy (non-hydrogen) atoms. The number of nitrogens with one attached hydrogen (secondary N) is 2. The summed E-state index contributed by atoms with van der Waals surface area (Å²) >= 11 is 3.02. The van der Waals surface area contributed by atoms with Gasteiger partial charge < -0.3 is 10.6 Å². The zero-order valence-electron chi connectivity index (χ0n) is 18.2. The fourth-order valence-corrected chi connectivity index (χ4v) is 4.28. The van der Waals surface area contributed by atoms with Gasteiger partial charge in [0.1, 0.15) is 6.04 Å². The third kappa shape index (κ3) is 6.18. The van der Waals surface area contributed by atoms with Gasteiger partial charge in [-0.1, -0.05) is 29.8 Å². The average molecular weight is 454 g/mol. The molecule has 162 valence electrons. The minimum Gasteiger partial charge on any atom is -0.340 e. The first kappa shape index (κ1) is 23.0. The van der Waals surface area contributed by atoms with Crippen LogP contribution in [0.3, 0.4) is 0 Å². The van der Waals surface area contributed by atoms with Crippen LogP contribution in [0.2, 0.25) is 0 Å². The van der Waals surface area contributed by atoms with Crippen molar-refractivity contribution in [3.63, 3.8) is 0 Å². The van der Waals surface area contributed by atoms with E-state index in [4.69, 9.17) is 0 Å². The van der Waals surface area contributed by atoms with Crippen molar-refractivity contribution < 1.29 is 9.59 Å². The Morgan fingerprint density at radius 1 is 1.10 bits per heavy atom. The molecule has 1 unspecified atom stereocenters. The molecule has 0 saturated heterocycles. The molecule has 1 atom stereocenters. The highest BCUT2D eigenvalue weighted by molar-refractivity contribution is 7.98. The van der Waals surface area contributed by atoms with Gasteiger partial charge in [0.25, 0.3) is 5.91 Å². The number of aromatic nitrogens is 1. The highest BCUT2D eigenvalue weighted by Crippen LogP contribution is 2.26. The molecular formula is C24H27N3O2S2. The van der Waals surface area contributed by atoms with E-state index in [1.807, 2.05) is 42.8 Å². The van der Waals surface area contributed by atoms with Gasteiger partial charge in [0.15, 0.2) is 5.13 Å². The van der Waals surface area contributed by atoms with Crippen molar-refractivity contribution in [1.29, 1.82) is 0 Å². The van der Waals surface area contributed by atoms with Crippen LogP contribution in [-0.4, -0.2) is 34.8 Å². The SMILES string of the molecule is CSCCC(NC(=O)c1cccc(C)c1)C(=O)Nc1nc(-c2ccc(C)c(C)c2)cs1. The van der Waals surface area contributed by atoms with Gasteiger partial charge in [-0.05, 0) is 68.5 Å². The Kier molecular flexibility index (Phi) is 7.87. The monoisotopic (exact) mass is 453 g/mol. The van der Waals surface area contributed by atoms with Gasteiger partial charge in [-0.2, -0.15) is 11.8 Å². The van der Waals surface area contributed by atoms with Crippen LogP contribution in [0.25, 0.3) is 11.3 Å². The number of carbonyl (C=O) groups is 2. The fourth-order valence-electron chi connectivity index (χ4n) is 3.09. The Balaban J connectivity index is 1.71. The molecule has 3 rings (SSSR count). The number of anilines is 1. The fraction of sp³-hybridized carbons (Fsp3) is 0.292. The van der Waals surface area contributed by atoms with E-state index in [1.165, 1.54) is 22.5 Å². The van der Waals surface area contributed by atoms with Crippen molar-refractivity contribution in [2.24, 2.45) is 0 Å². The summed E-state index contributed by atoms with van der Waals surface area (Å²) in [4.78, 5) is 30.2. The third-order valence-electron chi connectivity index (χ3n) is 5.05. The van der Waals surface area contributed by atoms with Crippen LogP contribution in [0.5, 0.6) is 0 Å². The summed E-state index contributed by atoms with van der Waals surface area (Å²) in [6, 6.07) is 12.9. The van der Waals surface area contributed by atoms with Crippen molar-refractivity contribution in [3.8, 4) is 11.3 Å². The number of hydrogen-bond acceptors (Lipinski definition) is 5. The second kappa shape index (κ2) is 10.6. The number of nitrogens with zero attached hydrogens (tertiary/aromatic N) is 1. The number of hydrogen-bond donors (Lipinski definition) is 2. The molecule has 2 aromatic carbocycles. The van der Waals surface area contributed by atoms with Crippen LogP contribution in [0, 0.1) is 20.8 Å². The van der Waals surface area contributed by atoms with E-state index in [0.29, 0.717) is 17.1 Å². The van der Waals surface area contributed by atoms with Crippen molar-refractivity contribution >= 4 is 40.0 Å². The van der Waals surface area contributed by atoms with Gasteiger partial charge in [0, 0.05) is 16.5 Å². The van der Waals surface area contributed by atoms with Crippen molar-refractivity contribution in [2.75, 3.05) is 17.3 Å². The topological polar surface area (TPSA) is 71.1 Å². The molecule has 3 aromatic rings. The molecule has 7 heteroatoms. The molecule has 0 aliphatic carbocycles. The molecule has 0 radical (unpaired) electrons. The lowest BCUT2D eigenvalue weighted by molar-refractivity contribution is -0.118. The predicted molar refractivity (Wildman–Crippen MR) is 131 cm³/mol. The lowest BCUT2D eigenvalue weighted by Gasteiger charge is -2.17. The van der Waals surface area contributed by atoms with Crippen LogP contribution in [0.15, 0.2) is 47.8 Å². The molecule has 0 fully saturated rings. The predicted octanol–water partition coefficient (Wildman–Crippen LogP) is 5.23. The molecular weight excluding hydrogens is 426 g/mol. The number of rotatable bonds is 8. The maximum Gasteiger partial charge on any atom is 0.251 e. The largest absolute Gasteiger partial charge is 0.340 e. The Labute approximate surface area is 191 Å². The normalized spacial score (nSPS) is 11.7. The van der Waals surface area contributed by atoms with Crippen LogP contribution in [0.4, 0.5) is 5.13 Å². The second-order valence-corrected chi connectivity index (χ2v) is 9.35. The van der Waals surface area contributed by atoms with Gasteiger partial charge in [0.05, 0.1) is 5.69 Å². The highest BCUT2D eigenvalue weighted by atomic mass is 32.2. The van der Waals surface area contributed by atoms with Crippen molar-refractivity contribution in [2.45, 2.75) is 33.2 Å². The summed E-state index contributed by atoms with van der Waals surface area (Å²) < 4.78 is 0. The smallest absolute Gasteiger partial charge is 0.251 e. The minimum absolute atomic E-state index is 0.250. The number of carbonyl (C=O) groups excluding carboxylic acids is 2. The summed E-state index contributed by atoms with van der Waals surface area (Å²) in [6.45, 7) is 6.08. The van der Waals surface area contributed by atoms with E-state index in [1.54, 1.807) is 17.8 Å². The van der Waals surface area contributed by atoms with E-state index in [-0.39, 0.29) is 11.8 Å². The maximum atomic E-state index is 12.9. The first-order valence-corrected chi connectivity index (χ1v) is 12.3. The standard InChI is InChI=1S/C24H27N3O2S2/c1-15-6-5-7-19(12-15)22(28)25-20(10-11-30-4)23(29)27-24-26-21(14-31-24)18-9-8-16(2)17(3)13-18/h5-9,12-14,20H,10-11H2,1-4H3,(H,25,28)(H,26,27,29). The maximum absolute atomic E-state index is 12.9. The third-order valence-corrected chi connectivity index (χ3v) is 6.45. The molecule has 0 aliphatic rings. The summed E-state index contributed by atoms with van der Waals surface area (Å²) in [5.41, 5.74) is 5.83. The summed E-state index contributed by atoms with van der Waals surface area (Å²) in [5, 5.41) is 8.22. The molecule has 0 saturated carbocycles. The number of thiazole rings is 1. The molecule has 2 N–H and O–H groups in total. The Morgan fingerprint density at radius 3 is 2.61 bits per heavy atom. The van der Waals surface area contributed by atoms with Crippen molar-refractivity contribution in [3.05, 3.63) is 70.1 Å². The number of thioether (sulfide) groups is 1. The van der Waals surface area contributed by atoms with E-state index in [9.17, 15) is 9.59 Å². The van der Waals surface area contributed by atoms with Gasteiger partial charge in [-0.3, -0.25) is 9.59 Å². The highest BCUT2D eigenvalue weighted by Gasteiger charge is 2.22. The quantitative estimate of drug-likeness (QED) is 0.490. The van der Waals surface area contributed by atoms with Gasteiger partial charge >= 0.3 is 0 Å². The minimum atomic E-state index is -0.630. The molecule has 0 spiro atoms. The van der Waals surface area contributed by atoms with Gasteiger partial charge in [-0.15, -0.1) is 11.3 Å². The van der Waals surface area contributed by atoms with Gasteiger partial charge in [0.2, 0.25) is 5.91 Å². The summed E-state index contributed by atoms with van der Waals surface area (Å²) in [6.07, 6.45) is 2.52. The molecule has 2 amide bonds.